The van der Waals surface area contributed by atoms with E-state index in [2.05, 4.69) is 32.2 Å². The number of rotatable bonds is 1. The van der Waals surface area contributed by atoms with Crippen LogP contribution in [0, 0.1) is 6.92 Å². The lowest BCUT2D eigenvalue weighted by atomic mass is 10.1. The third-order valence-electron chi connectivity index (χ3n) is 1.72. The van der Waals surface area contributed by atoms with E-state index in [1.54, 1.807) is 0 Å². The normalized spacial score (nSPS) is 10.3. The van der Waals surface area contributed by atoms with E-state index >= 15 is 0 Å². The minimum atomic E-state index is 0.0589. The van der Waals surface area contributed by atoms with Crippen LogP contribution in [0.5, 0.6) is 0 Å². The Bertz CT molecular complexity index is 298. The molecule has 0 spiro atoms. The van der Waals surface area contributed by atoms with Gasteiger partial charge in [0.15, 0.2) is 0 Å². The maximum Gasteiger partial charge on any atom is 0.0578 e. The number of hydrogen-bond donors (Lipinski definition) is 2. The molecule has 3 N–H and O–H groups in total. The Balaban J connectivity index is 0.000000921. The quantitative estimate of drug-likeness (QED) is 0.689. The molecule has 0 aliphatic rings. The summed E-state index contributed by atoms with van der Waals surface area (Å²) in [6.45, 7) is 12.4. The van der Waals surface area contributed by atoms with Gasteiger partial charge >= 0.3 is 0 Å². The third-order valence-corrected chi connectivity index (χ3v) is 1.72. The van der Waals surface area contributed by atoms with Crippen molar-refractivity contribution in [3.8, 4) is 0 Å². The first kappa shape index (κ1) is 13.8. The molecule has 0 amide bonds. The van der Waals surface area contributed by atoms with Gasteiger partial charge in [0.25, 0.3) is 0 Å². The predicted molar refractivity (Wildman–Crippen MR) is 70.3 cm³/mol. The van der Waals surface area contributed by atoms with Gasteiger partial charge in [0, 0.05) is 5.54 Å². The molecule has 1 aromatic carbocycles. The fraction of sp³-hybridized carbons (Fsp3) is 0.538. The molecule has 0 atom stereocenters. The van der Waals surface area contributed by atoms with E-state index in [0.717, 1.165) is 11.4 Å². The fourth-order valence-corrected chi connectivity index (χ4v) is 1.20. The second-order valence-corrected chi connectivity index (χ2v) is 4.47. The summed E-state index contributed by atoms with van der Waals surface area (Å²) in [6.07, 6.45) is 0. The van der Waals surface area contributed by atoms with E-state index in [0.29, 0.717) is 0 Å². The average Bonchev–Trinajstić information content (AvgIpc) is 2.12. The molecule has 0 aromatic heterocycles. The first-order valence-corrected chi connectivity index (χ1v) is 5.53. The van der Waals surface area contributed by atoms with Crippen molar-refractivity contribution in [1.82, 2.24) is 0 Å². The molecular weight excluding hydrogens is 184 g/mol. The van der Waals surface area contributed by atoms with Crippen LogP contribution in [0.15, 0.2) is 18.2 Å². The van der Waals surface area contributed by atoms with Crippen LogP contribution in [0.25, 0.3) is 0 Å². The van der Waals surface area contributed by atoms with Crippen molar-refractivity contribution in [3.63, 3.8) is 0 Å². The molecule has 0 fully saturated rings. The molecule has 0 heterocycles. The number of aryl methyl sites for hydroxylation is 1. The summed E-state index contributed by atoms with van der Waals surface area (Å²) in [5, 5.41) is 3.35. The Labute approximate surface area is 93.9 Å². The van der Waals surface area contributed by atoms with Gasteiger partial charge in [0.1, 0.15) is 0 Å². The van der Waals surface area contributed by atoms with E-state index < -0.39 is 0 Å². The first-order chi connectivity index (χ1) is 6.88. The molecule has 15 heavy (non-hydrogen) atoms. The molecule has 0 bridgehead atoms. The Hall–Kier alpha value is -1.18. The van der Waals surface area contributed by atoms with Crippen molar-refractivity contribution in [2.24, 2.45) is 0 Å². The molecule has 1 aromatic rings. The molecule has 0 aliphatic heterocycles. The maximum atomic E-state index is 5.87. The van der Waals surface area contributed by atoms with Crippen LogP contribution in [0.3, 0.4) is 0 Å². The number of nitrogens with one attached hydrogen (secondary N) is 1. The molecule has 1 rings (SSSR count). The molecule has 0 radical (unpaired) electrons. The van der Waals surface area contributed by atoms with Gasteiger partial charge in [-0.25, -0.2) is 0 Å². The summed E-state index contributed by atoms with van der Waals surface area (Å²) < 4.78 is 0. The lowest BCUT2D eigenvalue weighted by molar-refractivity contribution is 0.634. The van der Waals surface area contributed by atoms with Crippen molar-refractivity contribution in [1.29, 1.82) is 0 Å². The van der Waals surface area contributed by atoms with Gasteiger partial charge in [-0.05, 0) is 45.4 Å². The zero-order valence-corrected chi connectivity index (χ0v) is 10.8. The molecular formula is C13H24N2. The van der Waals surface area contributed by atoms with Gasteiger partial charge in [0.2, 0.25) is 0 Å². The number of benzene rings is 1. The second-order valence-electron chi connectivity index (χ2n) is 4.47. The van der Waals surface area contributed by atoms with Crippen LogP contribution in [0.2, 0.25) is 0 Å². The maximum absolute atomic E-state index is 5.87. The van der Waals surface area contributed by atoms with Crippen LogP contribution in [-0.2, 0) is 0 Å². The van der Waals surface area contributed by atoms with Crippen molar-refractivity contribution in [2.45, 2.75) is 47.1 Å². The zero-order valence-electron chi connectivity index (χ0n) is 10.8. The Morgan fingerprint density at radius 3 is 2.07 bits per heavy atom. The van der Waals surface area contributed by atoms with Gasteiger partial charge < -0.3 is 11.1 Å². The smallest absolute Gasteiger partial charge is 0.0578 e. The largest absolute Gasteiger partial charge is 0.397 e. The number of anilines is 2. The van der Waals surface area contributed by atoms with Crippen molar-refractivity contribution in [2.75, 3.05) is 11.1 Å². The van der Waals surface area contributed by atoms with E-state index in [1.165, 1.54) is 5.56 Å². The topological polar surface area (TPSA) is 38.0 Å². The summed E-state index contributed by atoms with van der Waals surface area (Å²) in [5.74, 6) is 0. The van der Waals surface area contributed by atoms with Crippen LogP contribution in [-0.4, -0.2) is 5.54 Å². The Morgan fingerprint density at radius 1 is 1.13 bits per heavy atom. The molecule has 0 unspecified atom stereocenters. The van der Waals surface area contributed by atoms with Gasteiger partial charge in [-0.15, -0.1) is 0 Å². The molecule has 2 heteroatoms. The number of nitrogen functional groups attached to an aromatic ring is 1. The first-order valence-electron chi connectivity index (χ1n) is 5.53. The number of nitrogens with two attached hydrogens (primary N) is 1. The van der Waals surface area contributed by atoms with Gasteiger partial charge in [-0.2, -0.15) is 0 Å². The number of hydrogen-bond acceptors (Lipinski definition) is 2. The van der Waals surface area contributed by atoms with E-state index in [-0.39, 0.29) is 5.54 Å². The van der Waals surface area contributed by atoms with Crippen LogP contribution >= 0.6 is 0 Å². The highest BCUT2D eigenvalue weighted by atomic mass is 15.0. The summed E-state index contributed by atoms with van der Waals surface area (Å²) >= 11 is 0. The minimum absolute atomic E-state index is 0.0589. The lowest BCUT2D eigenvalue weighted by Crippen LogP contribution is -2.26. The van der Waals surface area contributed by atoms with Gasteiger partial charge in [-0.1, -0.05) is 19.9 Å². The van der Waals surface area contributed by atoms with Crippen LogP contribution in [0.4, 0.5) is 11.4 Å². The highest BCUT2D eigenvalue weighted by Crippen LogP contribution is 2.22. The summed E-state index contributed by atoms with van der Waals surface area (Å²) in [6, 6.07) is 6.06. The molecule has 0 saturated carbocycles. The molecule has 86 valence electrons. The average molecular weight is 208 g/mol. The van der Waals surface area contributed by atoms with Gasteiger partial charge in [-0.3, -0.25) is 0 Å². The molecule has 2 nitrogen and oxygen atoms in total. The van der Waals surface area contributed by atoms with Crippen molar-refractivity contribution >= 4 is 11.4 Å². The van der Waals surface area contributed by atoms with E-state index in [1.807, 2.05) is 32.9 Å². The second kappa shape index (κ2) is 5.64. The Kier molecular flexibility index (Phi) is 5.20. The van der Waals surface area contributed by atoms with Crippen molar-refractivity contribution < 1.29 is 0 Å². The summed E-state index contributed by atoms with van der Waals surface area (Å²) in [4.78, 5) is 0. The fourth-order valence-electron chi connectivity index (χ4n) is 1.20. The summed E-state index contributed by atoms with van der Waals surface area (Å²) in [7, 11) is 0. The van der Waals surface area contributed by atoms with Gasteiger partial charge in [0.05, 0.1) is 11.4 Å². The molecule has 0 saturated heterocycles. The zero-order chi connectivity index (χ0) is 12.1. The molecule has 0 aliphatic carbocycles. The standard InChI is InChI=1S/C11H18N2.C2H6/c1-8-5-6-10(9(12)7-8)13-11(2,3)4;1-2/h5-7,13H,12H2,1-4H3;1-2H3. The van der Waals surface area contributed by atoms with E-state index in [9.17, 15) is 0 Å². The third kappa shape index (κ3) is 5.31. The SMILES string of the molecule is CC.Cc1ccc(NC(C)(C)C)c(N)c1. The lowest BCUT2D eigenvalue weighted by Gasteiger charge is -2.23. The van der Waals surface area contributed by atoms with Crippen molar-refractivity contribution in [3.05, 3.63) is 23.8 Å². The summed E-state index contributed by atoms with van der Waals surface area (Å²) in [5.41, 5.74) is 8.94. The minimum Gasteiger partial charge on any atom is -0.397 e. The predicted octanol–water partition coefficient (Wildman–Crippen LogP) is 3.81. The van der Waals surface area contributed by atoms with Crippen LogP contribution < -0.4 is 11.1 Å². The highest BCUT2D eigenvalue weighted by molar-refractivity contribution is 5.67. The Morgan fingerprint density at radius 2 is 1.67 bits per heavy atom. The van der Waals surface area contributed by atoms with E-state index in [4.69, 9.17) is 5.73 Å². The highest BCUT2D eigenvalue weighted by Gasteiger charge is 2.10. The monoisotopic (exact) mass is 208 g/mol. The van der Waals surface area contributed by atoms with Crippen LogP contribution in [0.1, 0.15) is 40.2 Å².